The Kier molecular flexibility index (Phi) is 2.98. The number of hydrogen-bond donors (Lipinski definition) is 1. The van der Waals surface area contributed by atoms with Crippen molar-refractivity contribution in [3.05, 3.63) is 12.2 Å². The highest BCUT2D eigenvalue weighted by Crippen LogP contribution is 2.41. The van der Waals surface area contributed by atoms with E-state index >= 15 is 0 Å². The number of nitrogens with one attached hydrogen (secondary N) is 1. The van der Waals surface area contributed by atoms with Crippen LogP contribution in [0, 0.1) is 5.92 Å². The summed E-state index contributed by atoms with van der Waals surface area (Å²) in [4.78, 5) is 26.0. The van der Waals surface area contributed by atoms with Gasteiger partial charge in [-0.2, -0.15) is 0 Å². The lowest BCUT2D eigenvalue weighted by Crippen LogP contribution is -2.56. The van der Waals surface area contributed by atoms with E-state index in [1.54, 1.807) is 4.90 Å². The second kappa shape index (κ2) is 4.17. The van der Waals surface area contributed by atoms with Crippen LogP contribution in [0.25, 0.3) is 0 Å². The molecule has 0 aromatic rings. The Morgan fingerprint density at radius 3 is 2.71 bits per heavy atom. The Morgan fingerprint density at radius 2 is 2.18 bits per heavy atom. The summed E-state index contributed by atoms with van der Waals surface area (Å²) in [6.07, 6.45) is 2.45. The molecule has 0 radical (unpaired) electrons. The fourth-order valence-electron chi connectivity index (χ4n) is 2.49. The van der Waals surface area contributed by atoms with Crippen molar-refractivity contribution in [1.29, 1.82) is 0 Å². The minimum atomic E-state index is -0.691. The van der Waals surface area contributed by atoms with Crippen LogP contribution < -0.4 is 5.32 Å². The van der Waals surface area contributed by atoms with Crippen molar-refractivity contribution in [2.24, 2.45) is 5.92 Å². The van der Waals surface area contributed by atoms with E-state index in [0.29, 0.717) is 25.4 Å². The molecular weight excluding hydrogens is 216 g/mol. The molecule has 0 bridgehead atoms. The molecule has 2 fully saturated rings. The molecule has 1 N–H and O–H groups in total. The maximum absolute atomic E-state index is 12.5. The van der Waals surface area contributed by atoms with E-state index in [4.69, 9.17) is 0 Å². The van der Waals surface area contributed by atoms with Gasteiger partial charge in [-0.25, -0.2) is 0 Å². The zero-order chi connectivity index (χ0) is 12.6. The summed E-state index contributed by atoms with van der Waals surface area (Å²) < 4.78 is 0. The van der Waals surface area contributed by atoms with Gasteiger partial charge in [-0.15, -0.1) is 0 Å². The van der Waals surface area contributed by atoms with Gasteiger partial charge in [-0.1, -0.05) is 12.2 Å². The molecule has 2 amide bonds. The van der Waals surface area contributed by atoms with Crippen LogP contribution in [0.1, 0.15) is 33.1 Å². The zero-order valence-electron chi connectivity index (χ0n) is 10.6. The van der Waals surface area contributed by atoms with E-state index in [9.17, 15) is 9.59 Å². The molecular formula is C13H20N2O2. The van der Waals surface area contributed by atoms with Gasteiger partial charge in [0.05, 0.1) is 0 Å². The molecule has 1 aliphatic carbocycles. The predicted octanol–water partition coefficient (Wildman–Crippen LogP) is 1.08. The topological polar surface area (TPSA) is 49.4 Å². The van der Waals surface area contributed by atoms with Crippen molar-refractivity contribution in [3.63, 3.8) is 0 Å². The van der Waals surface area contributed by atoms with Gasteiger partial charge in [0.2, 0.25) is 11.8 Å². The van der Waals surface area contributed by atoms with E-state index in [1.807, 2.05) is 13.8 Å². The summed E-state index contributed by atoms with van der Waals surface area (Å²) in [5, 5.41) is 2.91. The van der Waals surface area contributed by atoms with E-state index in [2.05, 4.69) is 11.9 Å². The second-order valence-corrected chi connectivity index (χ2v) is 5.46. The molecule has 1 aliphatic heterocycles. The van der Waals surface area contributed by atoms with Gasteiger partial charge in [-0.3, -0.25) is 9.59 Å². The number of rotatable bonds is 3. The molecule has 1 saturated carbocycles. The van der Waals surface area contributed by atoms with Gasteiger partial charge >= 0.3 is 0 Å². The van der Waals surface area contributed by atoms with E-state index in [-0.39, 0.29) is 11.8 Å². The molecule has 0 spiro atoms. The SMILES string of the molecule is C=C(C)CN1CCC(=O)NC(C)(C2CC2)C1=O. The average Bonchev–Trinajstić information content (AvgIpc) is 3.05. The molecule has 17 heavy (non-hydrogen) atoms. The van der Waals surface area contributed by atoms with Crippen LogP contribution in [0.5, 0.6) is 0 Å². The fraction of sp³-hybridized carbons (Fsp3) is 0.692. The lowest BCUT2D eigenvalue weighted by molar-refractivity contribution is -0.138. The first-order valence-electron chi connectivity index (χ1n) is 6.18. The first-order valence-corrected chi connectivity index (χ1v) is 6.18. The average molecular weight is 236 g/mol. The molecule has 1 heterocycles. The summed E-state index contributed by atoms with van der Waals surface area (Å²) in [5.74, 6) is 0.343. The van der Waals surface area contributed by atoms with E-state index in [1.165, 1.54) is 0 Å². The largest absolute Gasteiger partial charge is 0.342 e. The van der Waals surface area contributed by atoms with Crippen LogP contribution in [-0.4, -0.2) is 35.3 Å². The van der Waals surface area contributed by atoms with Crippen molar-refractivity contribution < 1.29 is 9.59 Å². The lowest BCUT2D eigenvalue weighted by Gasteiger charge is -2.32. The molecule has 94 valence electrons. The molecule has 1 saturated heterocycles. The van der Waals surface area contributed by atoms with Gasteiger partial charge in [0, 0.05) is 19.5 Å². The summed E-state index contributed by atoms with van der Waals surface area (Å²) in [7, 11) is 0. The Bertz CT molecular complexity index is 374. The number of carbonyl (C=O) groups excluding carboxylic acids is 2. The predicted molar refractivity (Wildman–Crippen MR) is 65.3 cm³/mol. The van der Waals surface area contributed by atoms with Crippen LogP contribution >= 0.6 is 0 Å². The maximum Gasteiger partial charge on any atom is 0.248 e. The number of nitrogens with zero attached hydrogens (tertiary/aromatic N) is 1. The van der Waals surface area contributed by atoms with Gasteiger partial charge in [0.1, 0.15) is 5.54 Å². The summed E-state index contributed by atoms with van der Waals surface area (Å²) >= 11 is 0. The fourth-order valence-corrected chi connectivity index (χ4v) is 2.49. The Balaban J connectivity index is 2.22. The number of carbonyl (C=O) groups is 2. The van der Waals surface area contributed by atoms with Crippen molar-refractivity contribution >= 4 is 11.8 Å². The molecule has 2 aliphatic rings. The highest BCUT2D eigenvalue weighted by Gasteiger charge is 2.50. The third kappa shape index (κ3) is 2.35. The van der Waals surface area contributed by atoms with E-state index < -0.39 is 5.54 Å². The molecule has 0 aromatic carbocycles. The first kappa shape index (κ1) is 12.1. The molecule has 0 aromatic heterocycles. The maximum atomic E-state index is 12.5. The van der Waals surface area contributed by atoms with Crippen molar-refractivity contribution in [1.82, 2.24) is 10.2 Å². The smallest absolute Gasteiger partial charge is 0.248 e. The Morgan fingerprint density at radius 1 is 1.53 bits per heavy atom. The third-order valence-electron chi connectivity index (χ3n) is 3.59. The molecule has 4 nitrogen and oxygen atoms in total. The number of hydrogen-bond acceptors (Lipinski definition) is 2. The van der Waals surface area contributed by atoms with Crippen LogP contribution in [0.3, 0.4) is 0 Å². The van der Waals surface area contributed by atoms with Crippen LogP contribution in [0.2, 0.25) is 0 Å². The molecule has 2 rings (SSSR count). The summed E-state index contributed by atoms with van der Waals surface area (Å²) in [6, 6.07) is 0. The minimum absolute atomic E-state index is 0.0167. The van der Waals surface area contributed by atoms with Crippen LogP contribution in [0.4, 0.5) is 0 Å². The first-order chi connectivity index (χ1) is 7.93. The van der Waals surface area contributed by atoms with Gasteiger partial charge in [0.25, 0.3) is 0 Å². The van der Waals surface area contributed by atoms with Gasteiger partial charge < -0.3 is 10.2 Å². The van der Waals surface area contributed by atoms with Crippen molar-refractivity contribution in [2.75, 3.05) is 13.1 Å². The minimum Gasteiger partial charge on any atom is -0.342 e. The van der Waals surface area contributed by atoms with Gasteiger partial charge in [-0.05, 0) is 32.6 Å². The Hall–Kier alpha value is -1.32. The molecule has 4 heteroatoms. The highest BCUT2D eigenvalue weighted by molar-refractivity contribution is 5.94. The van der Waals surface area contributed by atoms with Crippen LogP contribution in [-0.2, 0) is 9.59 Å². The zero-order valence-corrected chi connectivity index (χ0v) is 10.6. The molecule has 1 unspecified atom stereocenters. The van der Waals surface area contributed by atoms with Crippen LogP contribution in [0.15, 0.2) is 12.2 Å². The molecule has 1 atom stereocenters. The summed E-state index contributed by atoms with van der Waals surface area (Å²) in [5.41, 5.74) is 0.258. The third-order valence-corrected chi connectivity index (χ3v) is 3.59. The lowest BCUT2D eigenvalue weighted by atomic mass is 9.94. The quantitative estimate of drug-likeness (QED) is 0.745. The number of amides is 2. The second-order valence-electron chi connectivity index (χ2n) is 5.46. The standard InChI is InChI=1S/C13H20N2O2/c1-9(2)8-15-7-6-11(16)14-13(3,12(15)17)10-4-5-10/h10H,1,4-8H2,2-3H3,(H,14,16). The highest BCUT2D eigenvalue weighted by atomic mass is 16.2. The van der Waals surface area contributed by atoms with E-state index in [0.717, 1.165) is 18.4 Å². The van der Waals surface area contributed by atoms with Gasteiger partial charge in [0.15, 0.2) is 0 Å². The van der Waals surface area contributed by atoms with Crippen molar-refractivity contribution in [3.8, 4) is 0 Å². The normalized spacial score (nSPS) is 29.9. The monoisotopic (exact) mass is 236 g/mol. The van der Waals surface area contributed by atoms with Crippen molar-refractivity contribution in [2.45, 2.75) is 38.6 Å². The summed E-state index contributed by atoms with van der Waals surface area (Å²) in [6.45, 7) is 8.66. The Labute approximate surface area is 102 Å².